The Bertz CT molecular complexity index is 877. The molecule has 0 aliphatic heterocycles. The summed E-state index contributed by atoms with van der Waals surface area (Å²) in [5.74, 6) is 1.38. The van der Waals surface area contributed by atoms with Crippen molar-refractivity contribution in [2.45, 2.75) is 13.8 Å². The summed E-state index contributed by atoms with van der Waals surface area (Å²) in [6, 6.07) is 17.2. The van der Waals surface area contributed by atoms with E-state index in [9.17, 15) is 4.79 Å². The van der Waals surface area contributed by atoms with Crippen LogP contribution in [-0.2, 0) is 0 Å². The van der Waals surface area contributed by atoms with Crippen LogP contribution < -0.4 is 10.6 Å². The second-order valence-electron chi connectivity index (χ2n) is 5.54. The third-order valence-corrected chi connectivity index (χ3v) is 3.50. The highest BCUT2D eigenvalue weighted by molar-refractivity contribution is 5.95. The minimum absolute atomic E-state index is 0.0307. The number of hydrogen-bond donors (Lipinski definition) is 2. The maximum absolute atomic E-state index is 11.5. The summed E-state index contributed by atoms with van der Waals surface area (Å²) < 4.78 is 0. The lowest BCUT2D eigenvalue weighted by Crippen LogP contribution is -1.99. The van der Waals surface area contributed by atoms with Crippen LogP contribution in [-0.4, -0.2) is 15.8 Å². The van der Waals surface area contributed by atoms with Crippen LogP contribution in [0.25, 0.3) is 0 Å². The maximum atomic E-state index is 11.5. The fraction of sp³-hybridized carbons (Fsp3) is 0.105. The van der Waals surface area contributed by atoms with Crippen LogP contribution in [0.15, 0.2) is 60.9 Å². The second-order valence-corrected chi connectivity index (χ2v) is 5.54. The summed E-state index contributed by atoms with van der Waals surface area (Å²) in [5.41, 5.74) is 3.61. The number of nitrogens with zero attached hydrogens (tertiary/aromatic N) is 2. The molecule has 5 nitrogen and oxygen atoms in total. The van der Waals surface area contributed by atoms with Gasteiger partial charge in [0.15, 0.2) is 5.78 Å². The van der Waals surface area contributed by atoms with Crippen LogP contribution in [0.3, 0.4) is 0 Å². The van der Waals surface area contributed by atoms with E-state index in [0.717, 1.165) is 11.4 Å². The van der Waals surface area contributed by atoms with E-state index in [0.29, 0.717) is 17.2 Å². The third-order valence-electron chi connectivity index (χ3n) is 3.50. The van der Waals surface area contributed by atoms with E-state index in [4.69, 9.17) is 0 Å². The molecule has 3 rings (SSSR count). The van der Waals surface area contributed by atoms with Crippen LogP contribution in [0, 0.1) is 6.92 Å². The van der Waals surface area contributed by atoms with Crippen LogP contribution in [0.2, 0.25) is 0 Å². The highest BCUT2D eigenvalue weighted by atomic mass is 16.1. The first-order chi connectivity index (χ1) is 11.6. The molecule has 24 heavy (non-hydrogen) atoms. The van der Waals surface area contributed by atoms with E-state index >= 15 is 0 Å². The average molecular weight is 318 g/mol. The normalized spacial score (nSPS) is 10.2. The van der Waals surface area contributed by atoms with Gasteiger partial charge in [-0.15, -0.1) is 0 Å². The molecule has 0 atom stereocenters. The molecule has 0 saturated heterocycles. The van der Waals surface area contributed by atoms with Gasteiger partial charge >= 0.3 is 0 Å². The first-order valence-corrected chi connectivity index (χ1v) is 7.64. The van der Waals surface area contributed by atoms with Crippen molar-refractivity contribution in [1.29, 1.82) is 0 Å². The smallest absolute Gasteiger partial charge is 0.159 e. The zero-order chi connectivity index (χ0) is 16.9. The van der Waals surface area contributed by atoms with Gasteiger partial charge in [-0.1, -0.05) is 24.3 Å². The Morgan fingerprint density at radius 2 is 1.50 bits per heavy atom. The van der Waals surface area contributed by atoms with E-state index in [-0.39, 0.29) is 5.78 Å². The van der Waals surface area contributed by atoms with Crippen molar-refractivity contribution in [2.24, 2.45) is 0 Å². The van der Waals surface area contributed by atoms with Gasteiger partial charge in [0.05, 0.1) is 0 Å². The lowest BCUT2D eigenvalue weighted by atomic mass is 10.1. The standard InChI is InChI=1S/C19H18N4O/c1-13-5-3-7-16(9-13)22-18-11-19(21-12-20-18)23-17-8-4-6-15(10-17)14(2)24/h3-12H,1-2H3,(H2,20,21,22,23). The molecule has 0 aliphatic rings. The van der Waals surface area contributed by atoms with Gasteiger partial charge in [-0.05, 0) is 43.7 Å². The largest absolute Gasteiger partial charge is 0.340 e. The van der Waals surface area contributed by atoms with Crippen molar-refractivity contribution in [2.75, 3.05) is 10.6 Å². The number of aromatic nitrogens is 2. The predicted octanol–water partition coefficient (Wildman–Crippen LogP) is 4.47. The number of nitrogens with one attached hydrogen (secondary N) is 2. The van der Waals surface area contributed by atoms with E-state index in [2.05, 4.69) is 20.6 Å². The summed E-state index contributed by atoms with van der Waals surface area (Å²) in [7, 11) is 0. The van der Waals surface area contributed by atoms with Gasteiger partial charge in [-0.2, -0.15) is 0 Å². The predicted molar refractivity (Wildman–Crippen MR) is 96.2 cm³/mol. The summed E-state index contributed by atoms with van der Waals surface area (Å²) in [4.78, 5) is 19.9. The van der Waals surface area contributed by atoms with E-state index < -0.39 is 0 Å². The molecule has 2 N–H and O–H groups in total. The molecule has 0 unspecified atom stereocenters. The fourth-order valence-electron chi connectivity index (χ4n) is 2.33. The van der Waals surface area contributed by atoms with Gasteiger partial charge in [0.2, 0.25) is 0 Å². The Morgan fingerprint density at radius 1 is 0.875 bits per heavy atom. The number of carbonyl (C=O) groups is 1. The summed E-state index contributed by atoms with van der Waals surface area (Å²) >= 11 is 0. The molecule has 3 aromatic rings. The van der Waals surface area contributed by atoms with Gasteiger partial charge in [0.25, 0.3) is 0 Å². The van der Waals surface area contributed by atoms with Gasteiger partial charge in [0, 0.05) is 23.0 Å². The quantitative estimate of drug-likeness (QED) is 0.679. The molecule has 1 aromatic heterocycles. The lowest BCUT2D eigenvalue weighted by molar-refractivity contribution is 0.101. The Morgan fingerprint density at radius 3 is 2.12 bits per heavy atom. The minimum Gasteiger partial charge on any atom is -0.340 e. The zero-order valence-corrected chi connectivity index (χ0v) is 13.6. The number of rotatable bonds is 5. The molecule has 2 aromatic carbocycles. The highest BCUT2D eigenvalue weighted by Crippen LogP contribution is 2.20. The van der Waals surface area contributed by atoms with Crippen molar-refractivity contribution in [3.05, 3.63) is 72.1 Å². The average Bonchev–Trinajstić information content (AvgIpc) is 2.55. The Hall–Kier alpha value is -3.21. The van der Waals surface area contributed by atoms with Gasteiger partial charge in [0.1, 0.15) is 18.0 Å². The van der Waals surface area contributed by atoms with Gasteiger partial charge in [-0.25, -0.2) is 9.97 Å². The number of carbonyl (C=O) groups excluding carboxylic acids is 1. The lowest BCUT2D eigenvalue weighted by Gasteiger charge is -2.09. The molecule has 0 amide bonds. The Labute approximate surface area is 140 Å². The number of Topliss-reactive ketones (excluding diaryl/α,β-unsaturated/α-hetero) is 1. The number of anilines is 4. The Kier molecular flexibility index (Phi) is 4.52. The van der Waals surface area contributed by atoms with Crippen molar-refractivity contribution in [3.63, 3.8) is 0 Å². The first-order valence-electron chi connectivity index (χ1n) is 7.64. The highest BCUT2D eigenvalue weighted by Gasteiger charge is 2.03. The van der Waals surface area contributed by atoms with E-state index in [1.165, 1.54) is 11.9 Å². The summed E-state index contributed by atoms with van der Waals surface area (Å²) in [6.07, 6.45) is 1.50. The molecular weight excluding hydrogens is 300 g/mol. The molecule has 120 valence electrons. The zero-order valence-electron chi connectivity index (χ0n) is 13.6. The molecule has 0 bridgehead atoms. The van der Waals surface area contributed by atoms with Crippen LogP contribution in [0.4, 0.5) is 23.0 Å². The van der Waals surface area contributed by atoms with Gasteiger partial charge in [-0.3, -0.25) is 4.79 Å². The van der Waals surface area contributed by atoms with Crippen molar-refractivity contribution < 1.29 is 4.79 Å². The van der Waals surface area contributed by atoms with E-state index in [1.807, 2.05) is 49.4 Å². The molecule has 0 fully saturated rings. The van der Waals surface area contributed by atoms with Crippen molar-refractivity contribution in [3.8, 4) is 0 Å². The summed E-state index contributed by atoms with van der Waals surface area (Å²) in [5, 5.41) is 6.45. The Balaban J connectivity index is 1.78. The first kappa shape index (κ1) is 15.7. The molecule has 0 radical (unpaired) electrons. The number of ketones is 1. The molecule has 0 saturated carbocycles. The van der Waals surface area contributed by atoms with E-state index in [1.54, 1.807) is 19.1 Å². The number of hydrogen-bond acceptors (Lipinski definition) is 5. The molecule has 0 aliphatic carbocycles. The van der Waals surface area contributed by atoms with Gasteiger partial charge < -0.3 is 10.6 Å². The van der Waals surface area contributed by atoms with Crippen molar-refractivity contribution >= 4 is 28.8 Å². The molecular formula is C19H18N4O. The summed E-state index contributed by atoms with van der Waals surface area (Å²) in [6.45, 7) is 3.59. The van der Waals surface area contributed by atoms with Crippen LogP contribution >= 0.6 is 0 Å². The number of benzene rings is 2. The molecule has 0 spiro atoms. The SMILES string of the molecule is CC(=O)c1cccc(Nc2cc(Nc3cccc(C)c3)ncn2)c1. The van der Waals surface area contributed by atoms with Crippen molar-refractivity contribution in [1.82, 2.24) is 9.97 Å². The topological polar surface area (TPSA) is 66.9 Å². The third kappa shape index (κ3) is 3.95. The van der Waals surface area contributed by atoms with Crippen LogP contribution in [0.5, 0.6) is 0 Å². The molecule has 1 heterocycles. The van der Waals surface area contributed by atoms with Crippen LogP contribution in [0.1, 0.15) is 22.8 Å². The fourth-order valence-corrected chi connectivity index (χ4v) is 2.33. The monoisotopic (exact) mass is 318 g/mol. The second kappa shape index (κ2) is 6.91. The maximum Gasteiger partial charge on any atom is 0.159 e. The number of aryl methyl sites for hydroxylation is 1. The minimum atomic E-state index is 0.0307. The molecule has 5 heteroatoms.